The largest absolute Gasteiger partial charge is 0.388 e. The fraction of sp³-hybridized carbons (Fsp3) is 0.571. The van der Waals surface area contributed by atoms with E-state index >= 15 is 0 Å². The number of carbonyl (C=O) groups excluding carboxylic acids is 1. The Morgan fingerprint density at radius 2 is 2.42 bits per heavy atom. The average molecular weight is 262 g/mol. The van der Waals surface area contributed by atoms with Gasteiger partial charge in [-0.15, -0.1) is 0 Å². The first kappa shape index (κ1) is 13.8. The molecule has 0 aromatic carbocycles. The highest BCUT2D eigenvalue weighted by atomic mass is 16.2. The Labute approximate surface area is 114 Å². The van der Waals surface area contributed by atoms with Crippen LogP contribution < -0.4 is 5.32 Å². The minimum absolute atomic E-state index is 0.00773. The lowest BCUT2D eigenvalue weighted by Crippen LogP contribution is -2.33. The van der Waals surface area contributed by atoms with E-state index in [2.05, 4.69) is 22.2 Å². The predicted molar refractivity (Wildman–Crippen MR) is 76.3 cm³/mol. The molecule has 0 radical (unpaired) electrons. The minimum atomic E-state index is -0.00773. The number of anilines is 1. The minimum Gasteiger partial charge on any atom is -0.388 e. The van der Waals surface area contributed by atoms with Crippen molar-refractivity contribution in [3.63, 3.8) is 0 Å². The average Bonchev–Trinajstić information content (AvgIpc) is 2.83. The third kappa shape index (κ3) is 3.44. The standard InChI is InChI=1S/C14H22N4O/c1-15-12-4-6-16-13(8-12)14(19)18(3)10-11-5-7-17(2)9-11/h4,6,8,11H,5,7,9-10H2,1-3H3,(H,15,16). The summed E-state index contributed by atoms with van der Waals surface area (Å²) in [4.78, 5) is 20.6. The van der Waals surface area contributed by atoms with Gasteiger partial charge in [-0.05, 0) is 38.1 Å². The first-order chi connectivity index (χ1) is 9.10. The lowest BCUT2D eigenvalue weighted by atomic mass is 10.1. The zero-order valence-corrected chi connectivity index (χ0v) is 11.9. The van der Waals surface area contributed by atoms with Crippen LogP contribution in [0.2, 0.25) is 0 Å². The van der Waals surface area contributed by atoms with Gasteiger partial charge in [-0.2, -0.15) is 0 Å². The van der Waals surface area contributed by atoms with Crippen LogP contribution in [0.4, 0.5) is 5.69 Å². The van der Waals surface area contributed by atoms with E-state index in [9.17, 15) is 4.79 Å². The lowest BCUT2D eigenvalue weighted by molar-refractivity contribution is 0.0768. The molecule has 1 aromatic rings. The van der Waals surface area contributed by atoms with Crippen LogP contribution in [-0.2, 0) is 0 Å². The highest BCUT2D eigenvalue weighted by Crippen LogP contribution is 2.16. The van der Waals surface area contributed by atoms with Gasteiger partial charge < -0.3 is 15.1 Å². The first-order valence-electron chi connectivity index (χ1n) is 6.68. The van der Waals surface area contributed by atoms with E-state index < -0.39 is 0 Å². The molecule has 1 unspecified atom stereocenters. The van der Waals surface area contributed by atoms with Crippen LogP contribution in [0.15, 0.2) is 18.3 Å². The molecule has 19 heavy (non-hydrogen) atoms. The third-order valence-electron chi connectivity index (χ3n) is 3.64. The molecule has 2 rings (SSSR count). The molecule has 1 amide bonds. The van der Waals surface area contributed by atoms with Gasteiger partial charge in [-0.25, -0.2) is 0 Å². The fourth-order valence-corrected chi connectivity index (χ4v) is 2.54. The van der Waals surface area contributed by atoms with Crippen molar-refractivity contribution in [1.82, 2.24) is 14.8 Å². The van der Waals surface area contributed by atoms with Gasteiger partial charge in [0.05, 0.1) is 0 Å². The molecule has 1 N–H and O–H groups in total. The summed E-state index contributed by atoms with van der Waals surface area (Å²) in [6.45, 7) is 3.00. The third-order valence-corrected chi connectivity index (χ3v) is 3.64. The zero-order chi connectivity index (χ0) is 13.8. The van der Waals surface area contributed by atoms with Crippen molar-refractivity contribution in [1.29, 1.82) is 0 Å². The van der Waals surface area contributed by atoms with Crippen LogP contribution in [0, 0.1) is 5.92 Å². The predicted octanol–water partition coefficient (Wildman–Crippen LogP) is 1.15. The van der Waals surface area contributed by atoms with E-state index in [1.165, 1.54) is 0 Å². The summed E-state index contributed by atoms with van der Waals surface area (Å²) >= 11 is 0. The molecular weight excluding hydrogens is 240 g/mol. The number of nitrogens with one attached hydrogen (secondary N) is 1. The van der Waals surface area contributed by atoms with Gasteiger partial charge in [0.1, 0.15) is 5.69 Å². The Bertz CT molecular complexity index is 449. The Hall–Kier alpha value is -1.62. The molecule has 2 heterocycles. The second-order valence-corrected chi connectivity index (χ2v) is 5.28. The van der Waals surface area contributed by atoms with Gasteiger partial charge in [0.2, 0.25) is 0 Å². The van der Waals surface area contributed by atoms with Crippen molar-refractivity contribution in [2.45, 2.75) is 6.42 Å². The maximum Gasteiger partial charge on any atom is 0.272 e. The van der Waals surface area contributed by atoms with Crippen LogP contribution in [0.5, 0.6) is 0 Å². The smallest absolute Gasteiger partial charge is 0.272 e. The maximum absolute atomic E-state index is 12.3. The summed E-state index contributed by atoms with van der Waals surface area (Å²) in [6, 6.07) is 3.64. The summed E-state index contributed by atoms with van der Waals surface area (Å²) in [5.74, 6) is 0.568. The van der Waals surface area contributed by atoms with Gasteiger partial charge in [-0.3, -0.25) is 9.78 Å². The molecule has 104 valence electrons. The monoisotopic (exact) mass is 262 g/mol. The molecule has 0 aliphatic carbocycles. The van der Waals surface area contributed by atoms with E-state index in [4.69, 9.17) is 0 Å². The summed E-state index contributed by atoms with van der Waals surface area (Å²) in [6.07, 6.45) is 2.83. The van der Waals surface area contributed by atoms with E-state index in [-0.39, 0.29) is 5.91 Å². The Morgan fingerprint density at radius 1 is 1.63 bits per heavy atom. The number of hydrogen-bond acceptors (Lipinski definition) is 4. The number of rotatable bonds is 4. The van der Waals surface area contributed by atoms with Gasteiger partial charge in [0.25, 0.3) is 5.91 Å². The molecule has 5 heteroatoms. The van der Waals surface area contributed by atoms with Crippen molar-refractivity contribution in [2.75, 3.05) is 46.1 Å². The SMILES string of the molecule is CNc1ccnc(C(=O)N(C)CC2CCN(C)C2)c1. The summed E-state index contributed by atoms with van der Waals surface area (Å²) in [5.41, 5.74) is 1.41. The molecule has 1 aliphatic heterocycles. The number of nitrogens with zero attached hydrogens (tertiary/aromatic N) is 3. The quantitative estimate of drug-likeness (QED) is 0.884. The first-order valence-corrected chi connectivity index (χ1v) is 6.68. The van der Waals surface area contributed by atoms with E-state index in [1.807, 2.05) is 20.2 Å². The topological polar surface area (TPSA) is 48.5 Å². The highest BCUT2D eigenvalue weighted by molar-refractivity contribution is 5.92. The van der Waals surface area contributed by atoms with Gasteiger partial charge >= 0.3 is 0 Å². The summed E-state index contributed by atoms with van der Waals surface area (Å²) in [7, 11) is 5.82. The summed E-state index contributed by atoms with van der Waals surface area (Å²) in [5, 5.41) is 3.02. The van der Waals surface area contributed by atoms with Crippen molar-refractivity contribution >= 4 is 11.6 Å². The number of hydrogen-bond donors (Lipinski definition) is 1. The second-order valence-electron chi connectivity index (χ2n) is 5.28. The van der Waals surface area contributed by atoms with Crippen LogP contribution >= 0.6 is 0 Å². The summed E-state index contributed by atoms with van der Waals surface area (Å²) < 4.78 is 0. The zero-order valence-electron chi connectivity index (χ0n) is 11.9. The van der Waals surface area contributed by atoms with Crippen LogP contribution in [0.1, 0.15) is 16.9 Å². The molecular formula is C14H22N4O. The van der Waals surface area contributed by atoms with E-state index in [1.54, 1.807) is 17.2 Å². The van der Waals surface area contributed by atoms with Crippen molar-refractivity contribution < 1.29 is 4.79 Å². The number of carbonyl (C=O) groups is 1. The molecule has 0 bridgehead atoms. The number of aromatic nitrogens is 1. The number of likely N-dealkylation sites (tertiary alicyclic amines) is 1. The van der Waals surface area contributed by atoms with Crippen LogP contribution in [-0.4, -0.2) is 61.5 Å². The van der Waals surface area contributed by atoms with Crippen molar-refractivity contribution in [3.05, 3.63) is 24.0 Å². The Kier molecular flexibility index (Phi) is 4.37. The van der Waals surface area contributed by atoms with Crippen molar-refractivity contribution in [2.24, 2.45) is 5.92 Å². The molecule has 0 spiro atoms. The number of pyridine rings is 1. The van der Waals surface area contributed by atoms with Gasteiger partial charge in [0.15, 0.2) is 0 Å². The molecule has 0 saturated carbocycles. The molecule has 1 aromatic heterocycles. The number of amides is 1. The molecule has 1 saturated heterocycles. The van der Waals surface area contributed by atoms with Gasteiger partial charge in [0, 0.05) is 39.1 Å². The van der Waals surface area contributed by atoms with E-state index in [0.717, 1.165) is 31.7 Å². The maximum atomic E-state index is 12.3. The fourth-order valence-electron chi connectivity index (χ4n) is 2.54. The molecule has 1 aliphatic rings. The van der Waals surface area contributed by atoms with Crippen LogP contribution in [0.25, 0.3) is 0 Å². The molecule has 5 nitrogen and oxygen atoms in total. The van der Waals surface area contributed by atoms with Crippen LogP contribution in [0.3, 0.4) is 0 Å². The normalized spacial score (nSPS) is 19.4. The molecule has 1 atom stereocenters. The van der Waals surface area contributed by atoms with Crippen molar-refractivity contribution in [3.8, 4) is 0 Å². The Morgan fingerprint density at radius 3 is 3.05 bits per heavy atom. The van der Waals surface area contributed by atoms with E-state index in [0.29, 0.717) is 11.6 Å². The van der Waals surface area contributed by atoms with Gasteiger partial charge in [-0.1, -0.05) is 0 Å². The highest BCUT2D eigenvalue weighted by Gasteiger charge is 2.23. The second kappa shape index (κ2) is 6.02. The molecule has 1 fully saturated rings. The Balaban J connectivity index is 1.98. The lowest BCUT2D eigenvalue weighted by Gasteiger charge is -2.21.